The largest absolute Gasteiger partial charge is 0.475 e. The van der Waals surface area contributed by atoms with Gasteiger partial charge in [-0.1, -0.05) is 12.8 Å². The third kappa shape index (κ3) is 5.11. The number of nitrogens with one attached hydrogen (secondary N) is 2. The molecule has 7 heteroatoms. The van der Waals surface area contributed by atoms with E-state index >= 15 is 0 Å². The molecule has 0 unspecified atom stereocenters. The van der Waals surface area contributed by atoms with Gasteiger partial charge in [0.25, 0.3) is 0 Å². The SMILES string of the molecule is O=C(NCCOC1CCCC1)NCc1ccc(C(=O)O)o1. The second kappa shape index (κ2) is 7.68. The molecule has 0 saturated heterocycles. The second-order valence-corrected chi connectivity index (χ2v) is 4.96. The molecule has 1 fully saturated rings. The summed E-state index contributed by atoms with van der Waals surface area (Å²) in [7, 11) is 0. The van der Waals surface area contributed by atoms with Crippen molar-refractivity contribution >= 4 is 12.0 Å². The molecule has 1 saturated carbocycles. The summed E-state index contributed by atoms with van der Waals surface area (Å²) in [5.41, 5.74) is 0. The molecule has 0 atom stereocenters. The fraction of sp³-hybridized carbons (Fsp3) is 0.571. The molecule has 2 rings (SSSR count). The molecular formula is C14H20N2O5. The van der Waals surface area contributed by atoms with E-state index in [1.165, 1.54) is 25.0 Å². The zero-order chi connectivity index (χ0) is 15.1. The van der Waals surface area contributed by atoms with Crippen LogP contribution in [0.1, 0.15) is 42.0 Å². The topological polar surface area (TPSA) is 101 Å². The first-order chi connectivity index (χ1) is 10.1. The maximum atomic E-state index is 11.5. The summed E-state index contributed by atoms with van der Waals surface area (Å²) in [5.74, 6) is -0.878. The van der Waals surface area contributed by atoms with Gasteiger partial charge in [0.15, 0.2) is 0 Å². The van der Waals surface area contributed by atoms with Crippen molar-refractivity contribution in [2.45, 2.75) is 38.3 Å². The number of rotatable bonds is 7. The van der Waals surface area contributed by atoms with Crippen LogP contribution in [0.2, 0.25) is 0 Å². The van der Waals surface area contributed by atoms with Crippen molar-refractivity contribution in [1.82, 2.24) is 10.6 Å². The van der Waals surface area contributed by atoms with Crippen LogP contribution in [0.3, 0.4) is 0 Å². The van der Waals surface area contributed by atoms with Crippen LogP contribution in [0.25, 0.3) is 0 Å². The normalized spacial score (nSPS) is 15.0. The molecule has 1 aromatic rings. The highest BCUT2D eigenvalue weighted by Gasteiger charge is 2.15. The predicted molar refractivity (Wildman–Crippen MR) is 74.1 cm³/mol. The molecule has 7 nitrogen and oxygen atoms in total. The summed E-state index contributed by atoms with van der Waals surface area (Å²) < 4.78 is 10.6. The van der Waals surface area contributed by atoms with Gasteiger partial charge in [-0.3, -0.25) is 0 Å². The predicted octanol–water partition coefficient (Wildman–Crippen LogP) is 1.74. The van der Waals surface area contributed by atoms with E-state index < -0.39 is 5.97 Å². The Hall–Kier alpha value is -2.02. The first-order valence-corrected chi connectivity index (χ1v) is 7.10. The number of carbonyl (C=O) groups is 2. The average molecular weight is 296 g/mol. The van der Waals surface area contributed by atoms with Gasteiger partial charge < -0.3 is 24.9 Å². The number of furan rings is 1. The smallest absolute Gasteiger partial charge is 0.371 e. The van der Waals surface area contributed by atoms with E-state index in [9.17, 15) is 9.59 Å². The third-order valence-electron chi connectivity index (χ3n) is 3.34. The van der Waals surface area contributed by atoms with Gasteiger partial charge in [0.05, 0.1) is 19.3 Å². The maximum Gasteiger partial charge on any atom is 0.371 e. The lowest BCUT2D eigenvalue weighted by Gasteiger charge is -2.11. The van der Waals surface area contributed by atoms with Gasteiger partial charge in [0.2, 0.25) is 5.76 Å². The molecule has 1 aliphatic rings. The molecule has 1 aromatic heterocycles. The molecular weight excluding hydrogens is 276 g/mol. The van der Waals surface area contributed by atoms with Crippen LogP contribution in [0.15, 0.2) is 16.5 Å². The van der Waals surface area contributed by atoms with Gasteiger partial charge in [-0.15, -0.1) is 0 Å². The molecule has 0 aromatic carbocycles. The van der Waals surface area contributed by atoms with Crippen LogP contribution in [0, 0.1) is 0 Å². The molecule has 3 N–H and O–H groups in total. The van der Waals surface area contributed by atoms with Gasteiger partial charge >= 0.3 is 12.0 Å². The molecule has 116 valence electrons. The molecule has 2 amide bonds. The summed E-state index contributed by atoms with van der Waals surface area (Å²) in [6, 6.07) is 2.54. The summed E-state index contributed by atoms with van der Waals surface area (Å²) in [4.78, 5) is 22.1. The number of ether oxygens (including phenoxy) is 1. The summed E-state index contributed by atoms with van der Waals surface area (Å²) in [6.07, 6.45) is 5.00. The number of aromatic carboxylic acids is 1. The van der Waals surface area contributed by atoms with Crippen molar-refractivity contribution in [3.63, 3.8) is 0 Å². The zero-order valence-corrected chi connectivity index (χ0v) is 11.8. The lowest BCUT2D eigenvalue weighted by molar-refractivity contribution is 0.0612. The fourth-order valence-corrected chi connectivity index (χ4v) is 2.26. The Kier molecular flexibility index (Phi) is 5.62. The van der Waals surface area contributed by atoms with Crippen LogP contribution < -0.4 is 10.6 Å². The number of carboxylic acids is 1. The fourth-order valence-electron chi connectivity index (χ4n) is 2.26. The molecule has 0 radical (unpaired) electrons. The Morgan fingerprint density at radius 1 is 1.29 bits per heavy atom. The van der Waals surface area contributed by atoms with E-state index in [4.69, 9.17) is 14.3 Å². The van der Waals surface area contributed by atoms with Crippen molar-refractivity contribution in [3.8, 4) is 0 Å². The molecule has 0 spiro atoms. The Morgan fingerprint density at radius 3 is 2.71 bits per heavy atom. The van der Waals surface area contributed by atoms with Gasteiger partial charge in [0.1, 0.15) is 5.76 Å². The van der Waals surface area contributed by atoms with Crippen molar-refractivity contribution in [1.29, 1.82) is 0 Å². The van der Waals surface area contributed by atoms with E-state index in [2.05, 4.69) is 10.6 Å². The van der Waals surface area contributed by atoms with E-state index in [1.54, 1.807) is 0 Å². The quantitative estimate of drug-likeness (QED) is 0.665. The zero-order valence-electron chi connectivity index (χ0n) is 11.8. The summed E-state index contributed by atoms with van der Waals surface area (Å²) >= 11 is 0. The van der Waals surface area contributed by atoms with Gasteiger partial charge in [-0.05, 0) is 25.0 Å². The van der Waals surface area contributed by atoms with Crippen molar-refractivity contribution in [3.05, 3.63) is 23.7 Å². The summed E-state index contributed by atoms with van der Waals surface area (Å²) in [6.45, 7) is 1.09. The number of carboxylic acid groups (broad SMARTS) is 1. The highest BCUT2D eigenvalue weighted by atomic mass is 16.5. The van der Waals surface area contributed by atoms with Crippen LogP contribution in [0.4, 0.5) is 4.79 Å². The van der Waals surface area contributed by atoms with Crippen LogP contribution in [0.5, 0.6) is 0 Å². The first kappa shape index (κ1) is 15.4. The number of hydrogen-bond acceptors (Lipinski definition) is 4. The van der Waals surface area contributed by atoms with Crippen molar-refractivity contribution < 1.29 is 23.8 Å². The highest BCUT2D eigenvalue weighted by Crippen LogP contribution is 2.20. The van der Waals surface area contributed by atoms with Gasteiger partial charge in [0, 0.05) is 6.54 Å². The Morgan fingerprint density at radius 2 is 2.05 bits per heavy atom. The Labute approximate surface area is 122 Å². The third-order valence-corrected chi connectivity index (χ3v) is 3.34. The minimum absolute atomic E-state index is 0.141. The number of urea groups is 1. The van der Waals surface area contributed by atoms with Gasteiger partial charge in [-0.25, -0.2) is 9.59 Å². The lowest BCUT2D eigenvalue weighted by Crippen LogP contribution is -2.37. The van der Waals surface area contributed by atoms with E-state index in [0.717, 1.165) is 12.8 Å². The van der Waals surface area contributed by atoms with Crippen LogP contribution >= 0.6 is 0 Å². The number of hydrogen-bond donors (Lipinski definition) is 3. The highest BCUT2D eigenvalue weighted by molar-refractivity contribution is 5.84. The molecule has 1 heterocycles. The molecule has 1 aliphatic carbocycles. The van der Waals surface area contributed by atoms with E-state index in [1.807, 2.05) is 0 Å². The standard InChI is InChI=1S/C14H20N2O5/c17-13(18)12-6-5-11(21-12)9-16-14(19)15-7-8-20-10-3-1-2-4-10/h5-6,10H,1-4,7-9H2,(H,17,18)(H2,15,16,19). The number of carbonyl (C=O) groups excluding carboxylic acids is 1. The Bertz CT molecular complexity index is 479. The molecule has 0 aliphatic heterocycles. The first-order valence-electron chi connectivity index (χ1n) is 7.10. The van der Waals surface area contributed by atoms with Crippen molar-refractivity contribution in [2.75, 3.05) is 13.2 Å². The number of amides is 2. The van der Waals surface area contributed by atoms with Crippen LogP contribution in [-0.2, 0) is 11.3 Å². The molecule has 21 heavy (non-hydrogen) atoms. The average Bonchev–Trinajstić information content (AvgIpc) is 3.12. The minimum Gasteiger partial charge on any atom is -0.475 e. The maximum absolute atomic E-state index is 11.5. The van der Waals surface area contributed by atoms with Crippen LogP contribution in [-0.4, -0.2) is 36.4 Å². The lowest BCUT2D eigenvalue weighted by atomic mass is 10.3. The monoisotopic (exact) mass is 296 g/mol. The minimum atomic E-state index is -1.13. The van der Waals surface area contributed by atoms with Gasteiger partial charge in [-0.2, -0.15) is 0 Å². The van der Waals surface area contributed by atoms with E-state index in [0.29, 0.717) is 25.0 Å². The second-order valence-electron chi connectivity index (χ2n) is 4.96. The molecule has 0 bridgehead atoms. The van der Waals surface area contributed by atoms with Crippen molar-refractivity contribution in [2.24, 2.45) is 0 Å². The Balaban J connectivity index is 1.57. The summed E-state index contributed by atoms with van der Waals surface area (Å²) in [5, 5.41) is 14.0. The van der Waals surface area contributed by atoms with E-state index in [-0.39, 0.29) is 18.3 Å².